The molecule has 1 aromatic carbocycles. The zero-order valence-corrected chi connectivity index (χ0v) is 11.0. The van der Waals surface area contributed by atoms with Gasteiger partial charge in [-0.05, 0) is 24.1 Å². The standard InChI is InChI=1S/C15H17N3O2/c16-13-7-4-8-17-14(13)15(20)18-12(10-19)9-11-5-2-1-3-6-11/h1-8,12,19H,9-10,16H2,(H,18,20)/t12-/m1/s1. The minimum absolute atomic E-state index is 0.145. The van der Waals surface area contributed by atoms with Gasteiger partial charge in [0.1, 0.15) is 0 Å². The van der Waals surface area contributed by atoms with E-state index in [9.17, 15) is 9.90 Å². The number of benzene rings is 1. The SMILES string of the molecule is Nc1cccnc1C(=O)N[C@@H](CO)Cc1ccccc1. The van der Waals surface area contributed by atoms with Gasteiger partial charge in [0, 0.05) is 6.20 Å². The van der Waals surface area contributed by atoms with Gasteiger partial charge in [0.15, 0.2) is 5.69 Å². The van der Waals surface area contributed by atoms with Crippen LogP contribution in [0.15, 0.2) is 48.7 Å². The molecule has 0 aliphatic heterocycles. The second-order valence-corrected chi connectivity index (χ2v) is 4.48. The monoisotopic (exact) mass is 271 g/mol. The van der Waals surface area contributed by atoms with E-state index in [1.165, 1.54) is 6.20 Å². The Bertz CT molecular complexity index is 572. The van der Waals surface area contributed by atoms with Crippen LogP contribution in [0.5, 0.6) is 0 Å². The number of nitrogen functional groups attached to an aromatic ring is 1. The molecule has 0 fully saturated rings. The fourth-order valence-electron chi connectivity index (χ4n) is 1.92. The Morgan fingerprint density at radius 1 is 1.25 bits per heavy atom. The largest absolute Gasteiger partial charge is 0.397 e. The third-order valence-electron chi connectivity index (χ3n) is 2.93. The first-order valence-electron chi connectivity index (χ1n) is 6.37. The molecule has 104 valence electrons. The van der Waals surface area contributed by atoms with Gasteiger partial charge in [0.05, 0.1) is 18.3 Å². The number of nitrogens with two attached hydrogens (primary N) is 1. The second-order valence-electron chi connectivity index (χ2n) is 4.48. The van der Waals surface area contributed by atoms with E-state index < -0.39 is 0 Å². The van der Waals surface area contributed by atoms with Crippen LogP contribution in [0, 0.1) is 0 Å². The number of hydrogen-bond acceptors (Lipinski definition) is 4. The molecule has 2 rings (SSSR count). The van der Waals surface area contributed by atoms with Crippen molar-refractivity contribution >= 4 is 11.6 Å². The molecule has 0 unspecified atom stereocenters. The van der Waals surface area contributed by atoms with E-state index >= 15 is 0 Å². The van der Waals surface area contributed by atoms with Crippen molar-refractivity contribution in [2.24, 2.45) is 0 Å². The Hall–Kier alpha value is -2.40. The number of hydrogen-bond donors (Lipinski definition) is 3. The van der Waals surface area contributed by atoms with Crippen molar-refractivity contribution in [1.82, 2.24) is 10.3 Å². The van der Waals surface area contributed by atoms with Gasteiger partial charge in [-0.15, -0.1) is 0 Å². The highest BCUT2D eigenvalue weighted by Crippen LogP contribution is 2.08. The van der Waals surface area contributed by atoms with E-state index in [-0.39, 0.29) is 24.2 Å². The van der Waals surface area contributed by atoms with Crippen molar-refractivity contribution in [3.05, 3.63) is 59.9 Å². The number of nitrogens with zero attached hydrogens (tertiary/aromatic N) is 1. The third-order valence-corrected chi connectivity index (χ3v) is 2.93. The highest BCUT2D eigenvalue weighted by molar-refractivity contribution is 5.97. The molecule has 1 atom stereocenters. The molecule has 0 bridgehead atoms. The normalized spacial score (nSPS) is 11.8. The summed E-state index contributed by atoms with van der Waals surface area (Å²) in [6, 6.07) is 12.6. The van der Waals surface area contributed by atoms with Crippen LogP contribution in [0.25, 0.3) is 0 Å². The summed E-state index contributed by atoms with van der Waals surface area (Å²) in [6.45, 7) is -0.145. The molecule has 0 saturated heterocycles. The summed E-state index contributed by atoms with van der Waals surface area (Å²) >= 11 is 0. The van der Waals surface area contributed by atoms with Gasteiger partial charge in [0.2, 0.25) is 0 Å². The van der Waals surface area contributed by atoms with Crippen molar-refractivity contribution in [2.75, 3.05) is 12.3 Å². The van der Waals surface area contributed by atoms with Crippen LogP contribution in [0.2, 0.25) is 0 Å². The molecule has 4 N–H and O–H groups in total. The number of amides is 1. The van der Waals surface area contributed by atoms with Crippen molar-refractivity contribution in [3.8, 4) is 0 Å². The lowest BCUT2D eigenvalue weighted by atomic mass is 10.1. The minimum atomic E-state index is -0.377. The van der Waals surface area contributed by atoms with Crippen LogP contribution in [0.1, 0.15) is 16.1 Å². The molecule has 1 heterocycles. The summed E-state index contributed by atoms with van der Waals surface area (Å²) in [5.74, 6) is -0.377. The van der Waals surface area contributed by atoms with E-state index in [0.717, 1.165) is 5.56 Å². The first-order chi connectivity index (χ1) is 9.70. The maximum absolute atomic E-state index is 12.1. The smallest absolute Gasteiger partial charge is 0.272 e. The van der Waals surface area contributed by atoms with Gasteiger partial charge in [-0.25, -0.2) is 4.98 Å². The molecule has 1 amide bonds. The molecule has 0 saturated carbocycles. The highest BCUT2D eigenvalue weighted by Gasteiger charge is 2.16. The lowest BCUT2D eigenvalue weighted by molar-refractivity contribution is 0.0912. The summed E-state index contributed by atoms with van der Waals surface area (Å²) in [4.78, 5) is 16.0. The average molecular weight is 271 g/mol. The second kappa shape index (κ2) is 6.68. The van der Waals surface area contributed by atoms with Gasteiger partial charge >= 0.3 is 0 Å². The minimum Gasteiger partial charge on any atom is -0.397 e. The lowest BCUT2D eigenvalue weighted by Gasteiger charge is -2.16. The van der Waals surface area contributed by atoms with Gasteiger partial charge in [-0.3, -0.25) is 4.79 Å². The Morgan fingerprint density at radius 2 is 2.00 bits per heavy atom. The fraction of sp³-hybridized carbons (Fsp3) is 0.200. The number of aliphatic hydroxyl groups is 1. The Balaban J connectivity index is 2.03. The molecular weight excluding hydrogens is 254 g/mol. The van der Waals surface area contributed by atoms with E-state index in [1.807, 2.05) is 30.3 Å². The average Bonchev–Trinajstić information content (AvgIpc) is 2.48. The van der Waals surface area contributed by atoms with Crippen LogP contribution >= 0.6 is 0 Å². The predicted molar refractivity (Wildman–Crippen MR) is 77.1 cm³/mol. The molecule has 0 aliphatic rings. The van der Waals surface area contributed by atoms with Gasteiger partial charge < -0.3 is 16.2 Å². The van der Waals surface area contributed by atoms with E-state index in [0.29, 0.717) is 12.1 Å². The van der Waals surface area contributed by atoms with Crippen molar-refractivity contribution < 1.29 is 9.90 Å². The quantitative estimate of drug-likeness (QED) is 0.757. The molecule has 0 radical (unpaired) electrons. The summed E-state index contributed by atoms with van der Waals surface area (Å²) in [5, 5.41) is 12.1. The number of aromatic nitrogens is 1. The van der Waals surface area contributed by atoms with E-state index in [1.54, 1.807) is 12.1 Å². The summed E-state index contributed by atoms with van der Waals surface area (Å²) in [7, 11) is 0. The molecular formula is C15H17N3O2. The van der Waals surface area contributed by atoms with Crippen molar-refractivity contribution in [1.29, 1.82) is 0 Å². The van der Waals surface area contributed by atoms with Gasteiger partial charge in [-0.1, -0.05) is 30.3 Å². The first kappa shape index (κ1) is 14.0. The molecule has 0 spiro atoms. The first-order valence-corrected chi connectivity index (χ1v) is 6.37. The van der Waals surface area contributed by atoms with Crippen molar-refractivity contribution in [2.45, 2.75) is 12.5 Å². The fourth-order valence-corrected chi connectivity index (χ4v) is 1.92. The number of carbonyl (C=O) groups excluding carboxylic acids is 1. The Labute approximate surface area is 117 Å². The topological polar surface area (TPSA) is 88.2 Å². The Kier molecular flexibility index (Phi) is 4.68. The van der Waals surface area contributed by atoms with Crippen LogP contribution in [0.3, 0.4) is 0 Å². The summed E-state index contributed by atoms with van der Waals surface area (Å²) in [5.41, 5.74) is 7.25. The maximum atomic E-state index is 12.1. The maximum Gasteiger partial charge on any atom is 0.272 e. The number of rotatable bonds is 5. The van der Waals surface area contributed by atoms with Crippen LogP contribution in [-0.4, -0.2) is 28.6 Å². The highest BCUT2D eigenvalue weighted by atomic mass is 16.3. The van der Waals surface area contributed by atoms with Crippen molar-refractivity contribution in [3.63, 3.8) is 0 Å². The summed E-state index contributed by atoms with van der Waals surface area (Å²) < 4.78 is 0. The van der Waals surface area contributed by atoms with Gasteiger partial charge in [0.25, 0.3) is 5.91 Å². The molecule has 1 aromatic heterocycles. The number of nitrogens with one attached hydrogen (secondary N) is 1. The number of aliphatic hydroxyl groups excluding tert-OH is 1. The molecule has 0 aliphatic carbocycles. The molecule has 5 nitrogen and oxygen atoms in total. The number of pyridine rings is 1. The van der Waals surface area contributed by atoms with Gasteiger partial charge in [-0.2, -0.15) is 0 Å². The summed E-state index contributed by atoms with van der Waals surface area (Å²) in [6.07, 6.45) is 2.06. The zero-order valence-electron chi connectivity index (χ0n) is 11.0. The molecule has 5 heteroatoms. The molecule has 2 aromatic rings. The zero-order chi connectivity index (χ0) is 14.4. The third kappa shape index (κ3) is 3.55. The van der Waals surface area contributed by atoms with Crippen LogP contribution < -0.4 is 11.1 Å². The van der Waals surface area contributed by atoms with E-state index in [2.05, 4.69) is 10.3 Å². The van der Waals surface area contributed by atoms with Crippen LogP contribution in [0.4, 0.5) is 5.69 Å². The van der Waals surface area contributed by atoms with E-state index in [4.69, 9.17) is 5.73 Å². The number of carbonyl (C=O) groups is 1. The van der Waals surface area contributed by atoms with Crippen LogP contribution in [-0.2, 0) is 6.42 Å². The molecule has 20 heavy (non-hydrogen) atoms. The lowest BCUT2D eigenvalue weighted by Crippen LogP contribution is -2.39. The predicted octanol–water partition coefficient (Wildman–Crippen LogP) is 0.997. The number of anilines is 1. The Morgan fingerprint density at radius 3 is 2.65 bits per heavy atom.